The Hall–Kier alpha value is -0.0800. The van der Waals surface area contributed by atoms with Gasteiger partial charge in [0.05, 0.1) is 0 Å². The molecular weight excluding hydrogens is 208 g/mol. The quantitative estimate of drug-likeness (QED) is 0.813. The second-order valence-corrected chi connectivity index (χ2v) is 6.41. The molecule has 0 aromatic heterocycles. The highest BCUT2D eigenvalue weighted by molar-refractivity contribution is 4.89. The summed E-state index contributed by atoms with van der Waals surface area (Å²) in [5.41, 5.74) is 0. The van der Waals surface area contributed by atoms with Gasteiger partial charge in [-0.1, -0.05) is 26.7 Å². The van der Waals surface area contributed by atoms with Gasteiger partial charge in [0.2, 0.25) is 0 Å². The van der Waals surface area contributed by atoms with Gasteiger partial charge >= 0.3 is 0 Å². The predicted molar refractivity (Wildman–Crippen MR) is 74.2 cm³/mol. The van der Waals surface area contributed by atoms with Crippen LogP contribution in [0, 0.1) is 11.8 Å². The van der Waals surface area contributed by atoms with E-state index < -0.39 is 0 Å². The minimum absolute atomic E-state index is 0.798. The highest BCUT2D eigenvalue weighted by atomic mass is 15.2. The summed E-state index contributed by atoms with van der Waals surface area (Å²) in [6, 6.07) is 1.66. The molecule has 0 amide bonds. The van der Waals surface area contributed by atoms with Crippen molar-refractivity contribution in [2.45, 2.75) is 64.5 Å². The summed E-state index contributed by atoms with van der Waals surface area (Å²) in [5.74, 6) is 1.84. The third-order valence-electron chi connectivity index (χ3n) is 4.95. The van der Waals surface area contributed by atoms with Gasteiger partial charge in [-0.25, -0.2) is 0 Å². The van der Waals surface area contributed by atoms with Crippen LogP contribution in [0.4, 0.5) is 0 Å². The summed E-state index contributed by atoms with van der Waals surface area (Å²) in [7, 11) is 2.10. The van der Waals surface area contributed by atoms with Crippen LogP contribution in [0.15, 0.2) is 0 Å². The molecule has 17 heavy (non-hydrogen) atoms. The summed E-state index contributed by atoms with van der Waals surface area (Å²) < 4.78 is 0. The van der Waals surface area contributed by atoms with Crippen molar-refractivity contribution in [2.75, 3.05) is 20.1 Å². The van der Waals surface area contributed by atoms with E-state index >= 15 is 0 Å². The number of hydrogen-bond donors (Lipinski definition) is 1. The first-order chi connectivity index (χ1) is 8.22. The van der Waals surface area contributed by atoms with E-state index in [1.54, 1.807) is 0 Å². The molecular formula is C15H30N2. The van der Waals surface area contributed by atoms with Crippen LogP contribution >= 0.6 is 0 Å². The van der Waals surface area contributed by atoms with E-state index in [4.69, 9.17) is 0 Å². The highest BCUT2D eigenvalue weighted by Gasteiger charge is 2.34. The lowest BCUT2D eigenvalue weighted by Gasteiger charge is -2.47. The van der Waals surface area contributed by atoms with Crippen molar-refractivity contribution < 1.29 is 0 Å². The fourth-order valence-electron chi connectivity index (χ4n) is 3.88. The van der Waals surface area contributed by atoms with Crippen molar-refractivity contribution in [3.05, 3.63) is 0 Å². The second-order valence-electron chi connectivity index (χ2n) is 6.41. The first-order valence-electron chi connectivity index (χ1n) is 7.62. The van der Waals surface area contributed by atoms with Crippen molar-refractivity contribution in [1.82, 2.24) is 10.2 Å². The van der Waals surface area contributed by atoms with E-state index in [9.17, 15) is 0 Å². The molecule has 2 aliphatic rings. The molecule has 2 nitrogen and oxygen atoms in total. The van der Waals surface area contributed by atoms with Gasteiger partial charge in [0.15, 0.2) is 0 Å². The summed E-state index contributed by atoms with van der Waals surface area (Å²) in [5, 5.41) is 3.39. The van der Waals surface area contributed by atoms with Gasteiger partial charge in [-0.15, -0.1) is 0 Å². The zero-order chi connectivity index (χ0) is 12.3. The minimum atomic E-state index is 0.798. The normalized spacial score (nSPS) is 40.4. The van der Waals surface area contributed by atoms with Crippen molar-refractivity contribution >= 4 is 0 Å². The average molecular weight is 238 g/mol. The van der Waals surface area contributed by atoms with Crippen molar-refractivity contribution in [2.24, 2.45) is 11.8 Å². The number of piperidine rings is 1. The minimum Gasteiger partial charge on any atom is -0.318 e. The lowest BCUT2D eigenvalue weighted by molar-refractivity contribution is 0.0317. The first kappa shape index (κ1) is 13.4. The molecule has 1 aliphatic heterocycles. The molecule has 4 unspecified atom stereocenters. The van der Waals surface area contributed by atoms with Crippen LogP contribution in [0.1, 0.15) is 52.4 Å². The molecule has 1 N–H and O–H groups in total. The topological polar surface area (TPSA) is 15.3 Å². The highest BCUT2D eigenvalue weighted by Crippen LogP contribution is 2.34. The molecule has 2 rings (SSSR count). The molecule has 0 aromatic carbocycles. The largest absolute Gasteiger partial charge is 0.318 e. The Morgan fingerprint density at radius 3 is 2.71 bits per heavy atom. The molecule has 100 valence electrons. The summed E-state index contributed by atoms with van der Waals surface area (Å²) >= 11 is 0. The number of nitrogens with zero attached hydrogens (tertiary/aromatic N) is 1. The Morgan fingerprint density at radius 2 is 1.94 bits per heavy atom. The molecule has 2 heteroatoms. The van der Waals surface area contributed by atoms with E-state index in [-0.39, 0.29) is 0 Å². The average Bonchev–Trinajstić information content (AvgIpc) is 2.34. The summed E-state index contributed by atoms with van der Waals surface area (Å²) in [6.45, 7) is 7.43. The predicted octanol–water partition coefficient (Wildman–Crippen LogP) is 2.89. The fourth-order valence-corrected chi connectivity index (χ4v) is 3.88. The lowest BCUT2D eigenvalue weighted by atomic mass is 9.78. The molecule has 1 aliphatic carbocycles. The third kappa shape index (κ3) is 3.23. The summed E-state index contributed by atoms with van der Waals surface area (Å²) in [6.07, 6.45) is 8.56. The molecule has 0 radical (unpaired) electrons. The third-order valence-corrected chi connectivity index (χ3v) is 4.95. The van der Waals surface area contributed by atoms with Crippen LogP contribution in [0.5, 0.6) is 0 Å². The SMILES string of the molecule is CNCC1CCCCN1C1CC(C)CCC1C. The van der Waals surface area contributed by atoms with Crippen molar-refractivity contribution in [3.8, 4) is 0 Å². The van der Waals surface area contributed by atoms with Crippen LogP contribution in [0.2, 0.25) is 0 Å². The van der Waals surface area contributed by atoms with Gasteiger partial charge in [-0.3, -0.25) is 4.90 Å². The van der Waals surface area contributed by atoms with E-state index in [1.807, 2.05) is 0 Å². The monoisotopic (exact) mass is 238 g/mol. The molecule has 0 bridgehead atoms. The Bertz CT molecular complexity index is 227. The van der Waals surface area contributed by atoms with Gasteiger partial charge in [-0.05, 0) is 51.1 Å². The van der Waals surface area contributed by atoms with Crippen LogP contribution in [-0.2, 0) is 0 Å². The van der Waals surface area contributed by atoms with E-state index in [2.05, 4.69) is 31.1 Å². The molecule has 4 atom stereocenters. The number of likely N-dealkylation sites (tertiary alicyclic amines) is 1. The van der Waals surface area contributed by atoms with Crippen LogP contribution in [-0.4, -0.2) is 37.1 Å². The summed E-state index contributed by atoms with van der Waals surface area (Å²) in [4.78, 5) is 2.85. The Morgan fingerprint density at radius 1 is 1.12 bits per heavy atom. The zero-order valence-electron chi connectivity index (χ0n) is 11.9. The second kappa shape index (κ2) is 6.19. The lowest BCUT2D eigenvalue weighted by Crippen LogP contribution is -2.53. The van der Waals surface area contributed by atoms with Crippen LogP contribution in [0.3, 0.4) is 0 Å². The first-order valence-corrected chi connectivity index (χ1v) is 7.62. The number of likely N-dealkylation sites (N-methyl/N-ethyl adjacent to an activating group) is 1. The van der Waals surface area contributed by atoms with Gasteiger partial charge in [0.1, 0.15) is 0 Å². The van der Waals surface area contributed by atoms with Gasteiger partial charge < -0.3 is 5.32 Å². The smallest absolute Gasteiger partial charge is 0.0223 e. The Balaban J connectivity index is 2.01. The van der Waals surface area contributed by atoms with Crippen molar-refractivity contribution in [1.29, 1.82) is 0 Å². The molecule has 0 spiro atoms. The molecule has 1 saturated heterocycles. The maximum Gasteiger partial charge on any atom is 0.0223 e. The Kier molecular flexibility index (Phi) is 4.87. The molecule has 0 aromatic rings. The number of hydrogen-bond acceptors (Lipinski definition) is 2. The fraction of sp³-hybridized carbons (Fsp3) is 1.00. The van der Waals surface area contributed by atoms with Gasteiger partial charge in [0.25, 0.3) is 0 Å². The maximum absolute atomic E-state index is 3.39. The van der Waals surface area contributed by atoms with Crippen LogP contribution in [0.25, 0.3) is 0 Å². The van der Waals surface area contributed by atoms with E-state index in [1.165, 1.54) is 51.6 Å². The van der Waals surface area contributed by atoms with Gasteiger partial charge in [0, 0.05) is 18.6 Å². The standard InChI is InChI=1S/C15H30N2/c1-12-7-8-13(2)15(10-12)17-9-5-4-6-14(17)11-16-3/h12-16H,4-11H2,1-3H3. The zero-order valence-corrected chi connectivity index (χ0v) is 11.9. The number of rotatable bonds is 3. The van der Waals surface area contributed by atoms with E-state index in [0.29, 0.717) is 0 Å². The molecule has 1 saturated carbocycles. The van der Waals surface area contributed by atoms with E-state index in [0.717, 1.165) is 23.9 Å². The Labute approximate surface area is 107 Å². The number of nitrogens with one attached hydrogen (secondary N) is 1. The van der Waals surface area contributed by atoms with Crippen LogP contribution < -0.4 is 5.32 Å². The maximum atomic E-state index is 3.39. The van der Waals surface area contributed by atoms with Crippen molar-refractivity contribution in [3.63, 3.8) is 0 Å². The molecule has 1 heterocycles. The molecule has 2 fully saturated rings. The van der Waals surface area contributed by atoms with Gasteiger partial charge in [-0.2, -0.15) is 0 Å².